The van der Waals surface area contributed by atoms with Gasteiger partial charge in [0.1, 0.15) is 6.33 Å². The summed E-state index contributed by atoms with van der Waals surface area (Å²) >= 11 is 0. The maximum absolute atomic E-state index is 11.0. The molecule has 1 aromatic carbocycles. The lowest BCUT2D eigenvalue weighted by Crippen LogP contribution is -2.00. The maximum Gasteiger partial charge on any atom is 0.335 e. The number of hydrogen-bond donors (Lipinski definition) is 1. The Morgan fingerprint density at radius 2 is 1.95 bits per heavy atom. The molecular weight excluding hydrogens is 272 g/mol. The van der Waals surface area contributed by atoms with Crippen molar-refractivity contribution in [2.45, 2.75) is 19.8 Å². The predicted octanol–water partition coefficient (Wildman–Crippen LogP) is 3.10. The van der Waals surface area contributed by atoms with Crippen LogP contribution in [-0.2, 0) is 0 Å². The van der Waals surface area contributed by atoms with Crippen LogP contribution in [0.2, 0.25) is 0 Å². The van der Waals surface area contributed by atoms with Gasteiger partial charge < -0.3 is 14.6 Å². The molecule has 21 heavy (non-hydrogen) atoms. The average molecular weight is 288 g/mol. The summed E-state index contributed by atoms with van der Waals surface area (Å²) in [6, 6.07) is 6.12. The number of carboxylic acids is 1. The molecule has 0 saturated heterocycles. The number of carboxylic acid groups (broad SMARTS) is 1. The fourth-order valence-electron chi connectivity index (χ4n) is 1.73. The zero-order valence-electron chi connectivity index (χ0n) is 12.0. The summed E-state index contributed by atoms with van der Waals surface area (Å²) in [5.41, 5.74) is 0.956. The van der Waals surface area contributed by atoms with Gasteiger partial charge in [0.05, 0.1) is 18.4 Å². The summed E-state index contributed by atoms with van der Waals surface area (Å²) in [4.78, 5) is 19.2. The molecule has 0 unspecified atom stereocenters. The standard InChI is InChI=1S/C15H16N2O4/c1-9(2)11-7-14(17-8-16-11)21-13-6-10(15(18)19)4-5-12(13)20-3/h4-9H,1-3H3,(H,18,19). The highest BCUT2D eigenvalue weighted by Crippen LogP contribution is 2.32. The van der Waals surface area contributed by atoms with Crippen LogP contribution in [0.5, 0.6) is 17.4 Å². The van der Waals surface area contributed by atoms with Gasteiger partial charge in [-0.1, -0.05) is 13.8 Å². The second-order valence-corrected chi connectivity index (χ2v) is 4.71. The molecule has 1 N–H and O–H groups in total. The topological polar surface area (TPSA) is 81.5 Å². The first-order chi connectivity index (χ1) is 10.0. The SMILES string of the molecule is COc1ccc(C(=O)O)cc1Oc1cc(C(C)C)ncn1. The Kier molecular flexibility index (Phi) is 4.37. The third kappa shape index (κ3) is 3.47. The van der Waals surface area contributed by atoms with Crippen LogP contribution in [-0.4, -0.2) is 28.2 Å². The second-order valence-electron chi connectivity index (χ2n) is 4.71. The zero-order valence-corrected chi connectivity index (χ0v) is 12.0. The third-order valence-electron chi connectivity index (χ3n) is 2.88. The molecule has 0 atom stereocenters. The second kappa shape index (κ2) is 6.21. The highest BCUT2D eigenvalue weighted by Gasteiger charge is 2.12. The number of nitrogens with zero attached hydrogens (tertiary/aromatic N) is 2. The summed E-state index contributed by atoms with van der Waals surface area (Å²) in [6.45, 7) is 4.02. The van der Waals surface area contributed by atoms with E-state index in [-0.39, 0.29) is 11.5 Å². The van der Waals surface area contributed by atoms with Crippen LogP contribution in [0.4, 0.5) is 0 Å². The molecule has 0 spiro atoms. The number of hydrogen-bond acceptors (Lipinski definition) is 5. The van der Waals surface area contributed by atoms with Crippen molar-refractivity contribution in [1.29, 1.82) is 0 Å². The fourth-order valence-corrected chi connectivity index (χ4v) is 1.73. The van der Waals surface area contributed by atoms with Crippen molar-refractivity contribution in [2.24, 2.45) is 0 Å². The molecule has 0 saturated carbocycles. The van der Waals surface area contributed by atoms with Crippen LogP contribution in [0, 0.1) is 0 Å². The van der Waals surface area contributed by atoms with Crippen molar-refractivity contribution in [2.75, 3.05) is 7.11 Å². The van der Waals surface area contributed by atoms with Gasteiger partial charge >= 0.3 is 5.97 Å². The number of methoxy groups -OCH3 is 1. The Balaban J connectivity index is 2.35. The molecule has 0 aliphatic carbocycles. The van der Waals surface area contributed by atoms with E-state index in [1.165, 1.54) is 25.6 Å². The van der Waals surface area contributed by atoms with Gasteiger partial charge in [0.25, 0.3) is 0 Å². The molecule has 0 radical (unpaired) electrons. The van der Waals surface area contributed by atoms with Gasteiger partial charge in [0, 0.05) is 6.07 Å². The summed E-state index contributed by atoms with van der Waals surface area (Å²) in [6.07, 6.45) is 1.41. The molecule has 1 aromatic heterocycles. The molecule has 6 heteroatoms. The van der Waals surface area contributed by atoms with Gasteiger partial charge in [-0.15, -0.1) is 0 Å². The minimum atomic E-state index is -1.03. The van der Waals surface area contributed by atoms with E-state index in [1.54, 1.807) is 12.1 Å². The van der Waals surface area contributed by atoms with Crippen molar-refractivity contribution in [3.05, 3.63) is 41.9 Å². The lowest BCUT2D eigenvalue weighted by molar-refractivity contribution is 0.0696. The number of carbonyl (C=O) groups is 1. The Labute approximate surface area is 122 Å². The lowest BCUT2D eigenvalue weighted by atomic mass is 10.1. The van der Waals surface area contributed by atoms with Crippen LogP contribution in [0.1, 0.15) is 35.8 Å². The van der Waals surface area contributed by atoms with Gasteiger partial charge in [-0.3, -0.25) is 0 Å². The quantitative estimate of drug-likeness (QED) is 0.910. The van der Waals surface area contributed by atoms with Crippen LogP contribution < -0.4 is 9.47 Å². The minimum Gasteiger partial charge on any atom is -0.493 e. The molecule has 2 rings (SSSR count). The first kappa shape index (κ1) is 14.8. The number of ether oxygens (including phenoxy) is 2. The average Bonchev–Trinajstić information content (AvgIpc) is 2.47. The third-order valence-corrected chi connectivity index (χ3v) is 2.88. The van der Waals surface area contributed by atoms with Crippen molar-refractivity contribution < 1.29 is 19.4 Å². The van der Waals surface area contributed by atoms with E-state index in [0.29, 0.717) is 17.4 Å². The Hall–Kier alpha value is -2.63. The molecule has 0 bridgehead atoms. The maximum atomic E-state index is 11.0. The normalized spacial score (nSPS) is 10.5. The van der Waals surface area contributed by atoms with Crippen molar-refractivity contribution in [1.82, 2.24) is 9.97 Å². The predicted molar refractivity (Wildman–Crippen MR) is 76.1 cm³/mol. The molecule has 0 aliphatic heterocycles. The van der Waals surface area contributed by atoms with Gasteiger partial charge in [0.2, 0.25) is 5.88 Å². The molecular formula is C15H16N2O4. The van der Waals surface area contributed by atoms with E-state index >= 15 is 0 Å². The largest absolute Gasteiger partial charge is 0.493 e. The Morgan fingerprint density at radius 1 is 1.19 bits per heavy atom. The highest BCUT2D eigenvalue weighted by atomic mass is 16.5. The van der Waals surface area contributed by atoms with E-state index in [1.807, 2.05) is 13.8 Å². The van der Waals surface area contributed by atoms with Crippen molar-refractivity contribution >= 4 is 5.97 Å². The van der Waals surface area contributed by atoms with Crippen LogP contribution in [0.25, 0.3) is 0 Å². The molecule has 1 heterocycles. The van der Waals surface area contributed by atoms with E-state index in [2.05, 4.69) is 9.97 Å². The first-order valence-corrected chi connectivity index (χ1v) is 6.42. The Morgan fingerprint density at radius 3 is 2.57 bits per heavy atom. The fraction of sp³-hybridized carbons (Fsp3) is 0.267. The number of aromatic carboxylic acids is 1. The van der Waals surface area contributed by atoms with Gasteiger partial charge in [-0.05, 0) is 24.1 Å². The van der Waals surface area contributed by atoms with Gasteiger partial charge in [0.15, 0.2) is 11.5 Å². The molecule has 6 nitrogen and oxygen atoms in total. The summed E-state index contributed by atoms with van der Waals surface area (Å²) in [5, 5.41) is 9.03. The summed E-state index contributed by atoms with van der Waals surface area (Å²) in [7, 11) is 1.49. The molecule has 2 aromatic rings. The zero-order chi connectivity index (χ0) is 15.4. The smallest absolute Gasteiger partial charge is 0.335 e. The molecule has 0 amide bonds. The van der Waals surface area contributed by atoms with Crippen molar-refractivity contribution in [3.8, 4) is 17.4 Å². The van der Waals surface area contributed by atoms with E-state index in [9.17, 15) is 4.79 Å². The first-order valence-electron chi connectivity index (χ1n) is 6.42. The Bertz CT molecular complexity index is 656. The van der Waals surface area contributed by atoms with Crippen LogP contribution in [0.15, 0.2) is 30.6 Å². The summed E-state index contributed by atoms with van der Waals surface area (Å²) in [5.74, 6) is 0.278. The molecule has 0 aliphatic rings. The number of rotatable bonds is 5. The highest BCUT2D eigenvalue weighted by molar-refractivity contribution is 5.88. The monoisotopic (exact) mass is 288 g/mol. The number of aromatic nitrogens is 2. The summed E-state index contributed by atoms with van der Waals surface area (Å²) < 4.78 is 10.8. The molecule has 110 valence electrons. The van der Waals surface area contributed by atoms with E-state index < -0.39 is 5.97 Å². The lowest BCUT2D eigenvalue weighted by Gasteiger charge is -2.11. The van der Waals surface area contributed by atoms with E-state index in [4.69, 9.17) is 14.6 Å². The minimum absolute atomic E-state index is 0.115. The van der Waals surface area contributed by atoms with Gasteiger partial charge in [-0.25, -0.2) is 14.8 Å². The van der Waals surface area contributed by atoms with Crippen LogP contribution in [0.3, 0.4) is 0 Å². The number of benzene rings is 1. The van der Waals surface area contributed by atoms with Crippen LogP contribution >= 0.6 is 0 Å². The van der Waals surface area contributed by atoms with Gasteiger partial charge in [-0.2, -0.15) is 0 Å². The molecule has 0 fully saturated rings. The van der Waals surface area contributed by atoms with E-state index in [0.717, 1.165) is 5.69 Å². The van der Waals surface area contributed by atoms with Crippen molar-refractivity contribution in [3.63, 3.8) is 0 Å².